The molecule has 0 radical (unpaired) electrons. The minimum Gasteiger partial charge on any atom is -0.341 e. The van der Waals surface area contributed by atoms with Crippen molar-refractivity contribution in [2.75, 3.05) is 18.0 Å². The average molecular weight is 343 g/mol. The van der Waals surface area contributed by atoms with Crippen molar-refractivity contribution < 1.29 is 9.32 Å². The Labute approximate surface area is 147 Å². The molecular weight excluding hydrogens is 318 g/mol. The number of nitrogens with zero attached hydrogens (tertiary/aromatic N) is 5. The third-order valence-corrected chi connectivity index (χ3v) is 4.54. The number of hydrogen-bond donors (Lipinski definition) is 0. The highest BCUT2D eigenvalue weighted by atomic mass is 16.5. The maximum atomic E-state index is 10.5. The van der Waals surface area contributed by atoms with Crippen LogP contribution in [0.2, 0.25) is 0 Å². The van der Waals surface area contributed by atoms with Crippen molar-refractivity contribution in [1.29, 1.82) is 0 Å². The quantitative estimate of drug-likeness (QED) is 0.714. The van der Waals surface area contributed by atoms with Crippen LogP contribution in [-0.4, -0.2) is 39.5 Å². The average Bonchev–Trinajstić information content (AvgIpc) is 3.08. The molecule has 2 aromatic heterocycles. The van der Waals surface area contributed by atoms with Gasteiger partial charge in [-0.05, 0) is 31.1 Å². The molecule has 0 atom stereocenters. The molecule has 0 amide bonds. The number of rotatable bonds is 7. The van der Waals surface area contributed by atoms with E-state index in [0.717, 1.165) is 56.6 Å². The zero-order chi connectivity index (χ0) is 17.6. The lowest BCUT2D eigenvalue weighted by atomic mass is 9.92. The Morgan fingerprint density at radius 3 is 2.64 bits per heavy atom. The minimum absolute atomic E-state index is 0.474. The highest BCUT2D eigenvalue weighted by molar-refractivity contribution is 5.52. The third-order valence-electron chi connectivity index (χ3n) is 4.54. The van der Waals surface area contributed by atoms with E-state index in [-0.39, 0.29) is 0 Å². The number of carbonyl (C=O) groups is 1. The van der Waals surface area contributed by atoms with Crippen LogP contribution in [0.5, 0.6) is 0 Å². The molecule has 1 aliphatic rings. The highest BCUT2D eigenvalue weighted by Crippen LogP contribution is 2.24. The van der Waals surface area contributed by atoms with E-state index in [9.17, 15) is 4.79 Å². The van der Waals surface area contributed by atoms with Gasteiger partial charge in [0.25, 0.3) is 0 Å². The number of hydrogen-bond acceptors (Lipinski definition) is 7. The van der Waals surface area contributed by atoms with Crippen LogP contribution in [-0.2, 0) is 11.2 Å². The smallest absolute Gasteiger partial charge is 0.227 e. The van der Waals surface area contributed by atoms with Crippen molar-refractivity contribution in [1.82, 2.24) is 20.1 Å². The largest absolute Gasteiger partial charge is 0.341 e. The summed E-state index contributed by atoms with van der Waals surface area (Å²) in [6.45, 7) is 6.10. The van der Waals surface area contributed by atoms with Crippen LogP contribution in [0.15, 0.2) is 16.9 Å². The molecule has 0 aromatic carbocycles. The van der Waals surface area contributed by atoms with E-state index in [2.05, 4.69) is 38.9 Å². The molecule has 134 valence electrons. The summed E-state index contributed by atoms with van der Waals surface area (Å²) in [6.07, 6.45) is 9.12. The molecule has 0 aliphatic carbocycles. The normalized spacial score (nSPS) is 15.7. The standard InChI is InChI=1S/C18H25N5O2/c1-13(2)10-16-21-17(22-25-16)15-11-19-18(20-12-15)23-7-5-14(6-8-23)4-3-9-24/h9,11-14H,3-8,10H2,1-2H3. The molecule has 25 heavy (non-hydrogen) atoms. The summed E-state index contributed by atoms with van der Waals surface area (Å²) in [6, 6.07) is 0. The monoisotopic (exact) mass is 343 g/mol. The van der Waals surface area contributed by atoms with Gasteiger partial charge in [0.15, 0.2) is 0 Å². The van der Waals surface area contributed by atoms with Gasteiger partial charge in [0, 0.05) is 38.3 Å². The van der Waals surface area contributed by atoms with E-state index in [0.29, 0.717) is 30.0 Å². The zero-order valence-corrected chi connectivity index (χ0v) is 14.9. The van der Waals surface area contributed by atoms with Gasteiger partial charge in [0.1, 0.15) is 6.29 Å². The van der Waals surface area contributed by atoms with Gasteiger partial charge in [-0.1, -0.05) is 19.0 Å². The molecule has 7 nitrogen and oxygen atoms in total. The first-order valence-corrected chi connectivity index (χ1v) is 8.99. The first-order chi connectivity index (χ1) is 12.2. The van der Waals surface area contributed by atoms with Gasteiger partial charge in [0.2, 0.25) is 17.7 Å². The molecule has 7 heteroatoms. The van der Waals surface area contributed by atoms with Gasteiger partial charge in [-0.15, -0.1) is 0 Å². The first kappa shape index (κ1) is 17.5. The van der Waals surface area contributed by atoms with Gasteiger partial charge in [-0.3, -0.25) is 0 Å². The lowest BCUT2D eigenvalue weighted by Gasteiger charge is -2.31. The molecular formula is C18H25N5O2. The van der Waals surface area contributed by atoms with Crippen LogP contribution in [0, 0.1) is 11.8 Å². The van der Waals surface area contributed by atoms with Crippen LogP contribution in [0.4, 0.5) is 5.95 Å². The second-order valence-electron chi connectivity index (χ2n) is 7.06. The summed E-state index contributed by atoms with van der Waals surface area (Å²) in [5.41, 5.74) is 0.767. The molecule has 3 heterocycles. The number of aldehydes is 1. The Bertz CT molecular complexity index is 675. The Hall–Kier alpha value is -2.31. The van der Waals surface area contributed by atoms with E-state index < -0.39 is 0 Å². The second kappa shape index (κ2) is 8.18. The number of anilines is 1. The third kappa shape index (κ3) is 4.61. The molecule has 1 aliphatic heterocycles. The van der Waals surface area contributed by atoms with Gasteiger partial charge in [-0.2, -0.15) is 4.98 Å². The number of carbonyl (C=O) groups excluding carboxylic acids is 1. The van der Waals surface area contributed by atoms with E-state index >= 15 is 0 Å². The Morgan fingerprint density at radius 2 is 2.00 bits per heavy atom. The topological polar surface area (TPSA) is 85.0 Å². The Balaban J connectivity index is 1.59. The lowest BCUT2D eigenvalue weighted by Crippen LogP contribution is -2.34. The lowest BCUT2D eigenvalue weighted by molar-refractivity contribution is -0.108. The highest BCUT2D eigenvalue weighted by Gasteiger charge is 2.21. The number of aromatic nitrogens is 4. The van der Waals surface area contributed by atoms with Crippen LogP contribution in [0.3, 0.4) is 0 Å². The molecule has 0 spiro atoms. The Morgan fingerprint density at radius 1 is 1.28 bits per heavy atom. The van der Waals surface area contributed by atoms with E-state index in [4.69, 9.17) is 4.52 Å². The van der Waals surface area contributed by atoms with Crippen molar-refractivity contribution in [3.63, 3.8) is 0 Å². The SMILES string of the molecule is CC(C)Cc1nc(-c2cnc(N3CCC(CCC=O)CC3)nc2)no1. The van der Waals surface area contributed by atoms with Crippen LogP contribution in [0.1, 0.15) is 45.4 Å². The fourth-order valence-electron chi connectivity index (χ4n) is 3.13. The van der Waals surface area contributed by atoms with Crippen molar-refractivity contribution in [2.24, 2.45) is 11.8 Å². The molecule has 0 unspecified atom stereocenters. The molecule has 2 aromatic rings. The van der Waals surface area contributed by atoms with Crippen molar-refractivity contribution >= 4 is 12.2 Å². The van der Waals surface area contributed by atoms with E-state index in [1.165, 1.54) is 0 Å². The van der Waals surface area contributed by atoms with Crippen LogP contribution >= 0.6 is 0 Å². The Kier molecular flexibility index (Phi) is 5.73. The fraction of sp³-hybridized carbons (Fsp3) is 0.611. The van der Waals surface area contributed by atoms with E-state index in [1.54, 1.807) is 12.4 Å². The fourth-order valence-corrected chi connectivity index (χ4v) is 3.13. The molecule has 1 fully saturated rings. The van der Waals surface area contributed by atoms with Crippen molar-refractivity contribution in [3.05, 3.63) is 18.3 Å². The maximum absolute atomic E-state index is 10.5. The summed E-state index contributed by atoms with van der Waals surface area (Å²) >= 11 is 0. The van der Waals surface area contributed by atoms with Gasteiger partial charge < -0.3 is 14.2 Å². The minimum atomic E-state index is 0.474. The molecule has 3 rings (SSSR count). The predicted molar refractivity (Wildman–Crippen MR) is 94.1 cm³/mol. The summed E-state index contributed by atoms with van der Waals surface area (Å²) in [5.74, 6) is 3.03. The summed E-state index contributed by atoms with van der Waals surface area (Å²) in [5, 5.41) is 4.01. The van der Waals surface area contributed by atoms with Gasteiger partial charge >= 0.3 is 0 Å². The molecule has 1 saturated heterocycles. The maximum Gasteiger partial charge on any atom is 0.227 e. The zero-order valence-electron chi connectivity index (χ0n) is 14.9. The molecule has 0 saturated carbocycles. The predicted octanol–water partition coefficient (Wildman–Crippen LogP) is 2.92. The summed E-state index contributed by atoms with van der Waals surface area (Å²) in [4.78, 5) is 26.0. The van der Waals surface area contributed by atoms with Gasteiger partial charge in [-0.25, -0.2) is 9.97 Å². The first-order valence-electron chi connectivity index (χ1n) is 8.99. The van der Waals surface area contributed by atoms with E-state index in [1.807, 2.05) is 0 Å². The second-order valence-corrected chi connectivity index (χ2v) is 7.06. The van der Waals surface area contributed by atoms with Crippen LogP contribution in [0.25, 0.3) is 11.4 Å². The summed E-state index contributed by atoms with van der Waals surface area (Å²) < 4.78 is 5.27. The van der Waals surface area contributed by atoms with Crippen molar-refractivity contribution in [3.8, 4) is 11.4 Å². The summed E-state index contributed by atoms with van der Waals surface area (Å²) in [7, 11) is 0. The van der Waals surface area contributed by atoms with Gasteiger partial charge in [0.05, 0.1) is 5.56 Å². The van der Waals surface area contributed by atoms with Crippen LogP contribution < -0.4 is 4.90 Å². The number of piperidine rings is 1. The van der Waals surface area contributed by atoms with Crippen molar-refractivity contribution in [2.45, 2.75) is 46.0 Å². The molecule has 0 N–H and O–H groups in total. The molecule has 0 bridgehead atoms.